The number of hydrogen-bond acceptors (Lipinski definition) is 3. The second kappa shape index (κ2) is 8.85. The number of carbonyl (C=O) groups excluding carboxylic acids is 1. The lowest BCUT2D eigenvalue weighted by atomic mass is 9.86. The Kier molecular flexibility index (Phi) is 5.75. The first-order chi connectivity index (χ1) is 16.0. The molecule has 2 heterocycles. The molecule has 5 rings (SSSR count). The summed E-state index contributed by atoms with van der Waals surface area (Å²) in [5.74, 6) is 0.316. The van der Waals surface area contributed by atoms with Crippen LogP contribution >= 0.6 is 0 Å². The van der Waals surface area contributed by atoms with Gasteiger partial charge < -0.3 is 9.88 Å². The van der Waals surface area contributed by atoms with Gasteiger partial charge in [0.25, 0.3) is 5.56 Å². The van der Waals surface area contributed by atoms with Crippen LogP contribution in [-0.4, -0.2) is 26.3 Å². The van der Waals surface area contributed by atoms with E-state index in [0.717, 1.165) is 41.1 Å². The van der Waals surface area contributed by atoms with Crippen molar-refractivity contribution >= 4 is 27.7 Å². The number of fused-ring (bicyclic) bond motifs is 3. The van der Waals surface area contributed by atoms with Crippen molar-refractivity contribution in [3.05, 3.63) is 76.2 Å². The lowest BCUT2D eigenvalue weighted by Gasteiger charge is -2.29. The highest BCUT2D eigenvalue weighted by atomic mass is 16.2. The number of nitrogens with zero attached hydrogens (tertiary/aromatic N) is 3. The van der Waals surface area contributed by atoms with Crippen LogP contribution in [-0.2, 0) is 17.9 Å². The number of carbonyl (C=O) groups is 1. The van der Waals surface area contributed by atoms with Crippen molar-refractivity contribution in [2.45, 2.75) is 58.7 Å². The number of aromatic nitrogens is 3. The molecule has 6 nitrogen and oxygen atoms in total. The van der Waals surface area contributed by atoms with Crippen LogP contribution in [0, 0.1) is 12.8 Å². The van der Waals surface area contributed by atoms with E-state index in [4.69, 9.17) is 0 Å². The predicted molar refractivity (Wildman–Crippen MR) is 131 cm³/mol. The minimum absolute atomic E-state index is 0.0656. The molecular formula is C27H30N4O2. The van der Waals surface area contributed by atoms with Crippen molar-refractivity contribution in [2.75, 3.05) is 0 Å². The molecule has 0 radical (unpaired) electrons. The summed E-state index contributed by atoms with van der Waals surface area (Å²) in [7, 11) is 0. The van der Waals surface area contributed by atoms with Crippen LogP contribution in [0.25, 0.3) is 21.8 Å². The summed E-state index contributed by atoms with van der Waals surface area (Å²) in [6.45, 7) is 4.79. The molecule has 1 N–H and O–H groups in total. The van der Waals surface area contributed by atoms with Crippen LogP contribution in [0.1, 0.15) is 43.7 Å². The summed E-state index contributed by atoms with van der Waals surface area (Å²) in [4.78, 5) is 26.4. The van der Waals surface area contributed by atoms with Crippen molar-refractivity contribution in [1.82, 2.24) is 19.7 Å². The van der Waals surface area contributed by atoms with Gasteiger partial charge in [0.2, 0.25) is 5.91 Å². The van der Waals surface area contributed by atoms with Gasteiger partial charge in [-0.05, 0) is 42.9 Å². The van der Waals surface area contributed by atoms with Crippen molar-refractivity contribution < 1.29 is 4.79 Å². The maximum Gasteiger partial charge on any atom is 0.291 e. The van der Waals surface area contributed by atoms with Gasteiger partial charge in [0, 0.05) is 28.9 Å². The van der Waals surface area contributed by atoms with Crippen molar-refractivity contribution in [1.29, 1.82) is 0 Å². The molecule has 1 aliphatic carbocycles. The predicted octanol–water partition coefficient (Wildman–Crippen LogP) is 4.40. The third-order valence-corrected chi connectivity index (χ3v) is 7.11. The van der Waals surface area contributed by atoms with E-state index < -0.39 is 0 Å². The molecule has 2 atom stereocenters. The third kappa shape index (κ3) is 4.06. The van der Waals surface area contributed by atoms with Gasteiger partial charge in [-0.3, -0.25) is 9.59 Å². The van der Waals surface area contributed by atoms with Crippen molar-refractivity contribution in [2.24, 2.45) is 5.92 Å². The number of amides is 1. The summed E-state index contributed by atoms with van der Waals surface area (Å²) in [5.41, 5.74) is 3.69. The Morgan fingerprint density at radius 3 is 2.64 bits per heavy atom. The van der Waals surface area contributed by atoms with Gasteiger partial charge in [-0.25, -0.2) is 4.68 Å². The number of rotatable bonds is 5. The van der Waals surface area contributed by atoms with E-state index in [9.17, 15) is 9.59 Å². The first-order valence-electron chi connectivity index (χ1n) is 11.8. The fraction of sp³-hybridized carbons (Fsp3) is 0.370. The summed E-state index contributed by atoms with van der Waals surface area (Å²) in [6.07, 6.45) is 6.21. The van der Waals surface area contributed by atoms with Gasteiger partial charge >= 0.3 is 0 Å². The van der Waals surface area contributed by atoms with Crippen LogP contribution < -0.4 is 10.9 Å². The molecule has 0 aliphatic heterocycles. The standard InChI is InChI=1S/C27H30N4O2/c1-18-9-3-5-11-20(18)16-30-24-14-8-6-12-21(24)22-15-28-31(27(33)26(22)30)17-25(32)29-23-13-7-4-10-19(23)2/h3,5-6,8-9,11-12,14-15,19,23H,4,7,10,13,16-17H2,1-2H3,(H,29,32)/t19-,23+/m1/s1. The smallest absolute Gasteiger partial charge is 0.291 e. The normalized spacial score (nSPS) is 18.6. The van der Waals surface area contributed by atoms with Crippen LogP contribution in [0.2, 0.25) is 0 Å². The second-order valence-corrected chi connectivity index (χ2v) is 9.34. The number of benzene rings is 2. The van der Waals surface area contributed by atoms with Crippen LogP contribution in [0.4, 0.5) is 0 Å². The summed E-state index contributed by atoms with van der Waals surface area (Å²) in [5, 5.41) is 9.33. The summed E-state index contributed by atoms with van der Waals surface area (Å²) >= 11 is 0. The van der Waals surface area contributed by atoms with Gasteiger partial charge in [-0.1, -0.05) is 62.2 Å². The molecular weight excluding hydrogens is 412 g/mol. The highest BCUT2D eigenvalue weighted by molar-refractivity contribution is 6.07. The van der Waals surface area contributed by atoms with Crippen LogP contribution in [0.3, 0.4) is 0 Å². The average Bonchev–Trinajstić information content (AvgIpc) is 3.13. The molecule has 0 spiro atoms. The number of nitrogens with one attached hydrogen (secondary N) is 1. The Labute approximate surface area is 193 Å². The molecule has 0 saturated heterocycles. The first-order valence-corrected chi connectivity index (χ1v) is 11.8. The number of aryl methyl sites for hydroxylation is 1. The molecule has 1 saturated carbocycles. The summed E-state index contributed by atoms with van der Waals surface area (Å²) < 4.78 is 3.37. The average molecular weight is 443 g/mol. The molecule has 1 fully saturated rings. The Bertz CT molecular complexity index is 1380. The van der Waals surface area contributed by atoms with E-state index in [1.165, 1.54) is 16.7 Å². The molecule has 4 aromatic rings. The Morgan fingerprint density at radius 1 is 1.06 bits per heavy atom. The number of para-hydroxylation sites is 1. The molecule has 0 unspecified atom stereocenters. The minimum Gasteiger partial charge on any atom is -0.351 e. The molecule has 1 amide bonds. The molecule has 6 heteroatoms. The second-order valence-electron chi connectivity index (χ2n) is 9.34. The topological polar surface area (TPSA) is 68.9 Å². The molecule has 1 aliphatic rings. The van der Waals surface area contributed by atoms with Gasteiger partial charge in [-0.2, -0.15) is 5.10 Å². The molecule has 170 valence electrons. The molecule has 0 bridgehead atoms. The van der Waals surface area contributed by atoms with E-state index in [2.05, 4.69) is 41.0 Å². The fourth-order valence-corrected chi connectivity index (χ4v) is 5.15. The lowest BCUT2D eigenvalue weighted by molar-refractivity contribution is -0.123. The highest BCUT2D eigenvalue weighted by Gasteiger charge is 2.23. The van der Waals surface area contributed by atoms with E-state index >= 15 is 0 Å². The minimum atomic E-state index is -0.232. The maximum atomic E-state index is 13.6. The Morgan fingerprint density at radius 2 is 1.82 bits per heavy atom. The van der Waals surface area contributed by atoms with Crippen molar-refractivity contribution in [3.8, 4) is 0 Å². The first kappa shape index (κ1) is 21.4. The molecule has 2 aromatic heterocycles. The zero-order chi connectivity index (χ0) is 22.9. The van der Waals surface area contributed by atoms with E-state index in [0.29, 0.717) is 18.0 Å². The van der Waals surface area contributed by atoms with E-state index in [1.54, 1.807) is 6.20 Å². The van der Waals surface area contributed by atoms with Gasteiger partial charge in [0.1, 0.15) is 12.1 Å². The quantitative estimate of drug-likeness (QED) is 0.498. The highest BCUT2D eigenvalue weighted by Crippen LogP contribution is 2.28. The fourth-order valence-electron chi connectivity index (χ4n) is 5.15. The van der Waals surface area contributed by atoms with E-state index in [-0.39, 0.29) is 24.1 Å². The Hall–Kier alpha value is -3.41. The van der Waals surface area contributed by atoms with E-state index in [1.807, 2.05) is 36.4 Å². The van der Waals surface area contributed by atoms with Gasteiger partial charge in [0.05, 0.1) is 6.20 Å². The number of hydrogen-bond donors (Lipinski definition) is 1. The van der Waals surface area contributed by atoms with Crippen LogP contribution in [0.5, 0.6) is 0 Å². The van der Waals surface area contributed by atoms with Gasteiger partial charge in [0.15, 0.2) is 0 Å². The lowest BCUT2D eigenvalue weighted by Crippen LogP contribution is -2.43. The largest absolute Gasteiger partial charge is 0.351 e. The van der Waals surface area contributed by atoms with Gasteiger partial charge in [-0.15, -0.1) is 0 Å². The molecule has 33 heavy (non-hydrogen) atoms. The SMILES string of the molecule is Cc1ccccc1Cn1c2ccccc2c2cnn(CC(=O)N[C@H]3CCCC[C@H]3C)c(=O)c21. The molecule has 2 aromatic carbocycles. The van der Waals surface area contributed by atoms with Crippen LogP contribution in [0.15, 0.2) is 59.5 Å². The zero-order valence-electron chi connectivity index (χ0n) is 19.3. The summed E-state index contributed by atoms with van der Waals surface area (Å²) in [6, 6.07) is 16.4. The monoisotopic (exact) mass is 442 g/mol. The maximum absolute atomic E-state index is 13.6. The zero-order valence-corrected chi connectivity index (χ0v) is 19.3. The third-order valence-electron chi connectivity index (χ3n) is 7.11. The Balaban J connectivity index is 1.54. The van der Waals surface area contributed by atoms with Crippen molar-refractivity contribution in [3.63, 3.8) is 0 Å².